The van der Waals surface area contributed by atoms with Gasteiger partial charge < -0.3 is 0 Å². The van der Waals surface area contributed by atoms with Crippen LogP contribution in [0.3, 0.4) is 0 Å². The molecule has 1 heteroatoms. The highest BCUT2D eigenvalue weighted by atomic mass is 14.3. The molecule has 1 atom stereocenters. The van der Waals surface area contributed by atoms with Crippen molar-refractivity contribution < 1.29 is 0 Å². The number of rotatable bonds is 3. The van der Waals surface area contributed by atoms with Crippen LogP contribution in [-0.4, -0.2) is 0 Å². The van der Waals surface area contributed by atoms with E-state index in [9.17, 15) is 0 Å². The van der Waals surface area contributed by atoms with Crippen molar-refractivity contribution in [3.63, 3.8) is 0 Å². The van der Waals surface area contributed by atoms with Gasteiger partial charge in [-0.05, 0) is 28.8 Å². The maximum absolute atomic E-state index is 9.13. The maximum atomic E-state index is 9.13. The number of hydrogen-bond donors (Lipinski definition) is 0. The van der Waals surface area contributed by atoms with Crippen LogP contribution in [0.4, 0.5) is 0 Å². The van der Waals surface area contributed by atoms with Crippen molar-refractivity contribution in [2.24, 2.45) is 0 Å². The van der Waals surface area contributed by atoms with Gasteiger partial charge in [0.2, 0.25) is 0 Å². The van der Waals surface area contributed by atoms with Crippen molar-refractivity contribution in [2.75, 3.05) is 0 Å². The molecule has 0 saturated carbocycles. The third-order valence-corrected chi connectivity index (χ3v) is 2.91. The van der Waals surface area contributed by atoms with Crippen molar-refractivity contribution in [3.8, 4) is 6.07 Å². The maximum Gasteiger partial charge on any atom is 0.0712 e. The summed E-state index contributed by atoms with van der Waals surface area (Å²) in [5.74, 6) is 0.0367. The Hall–Kier alpha value is -1.81. The van der Waals surface area contributed by atoms with Gasteiger partial charge in [-0.2, -0.15) is 5.26 Å². The van der Waals surface area contributed by atoms with Crippen LogP contribution in [0, 0.1) is 11.3 Å². The summed E-state index contributed by atoms with van der Waals surface area (Å²) in [7, 11) is 0. The van der Waals surface area contributed by atoms with Crippen LogP contribution >= 0.6 is 0 Å². The number of nitriles is 1. The van der Waals surface area contributed by atoms with Crippen LogP contribution in [0.15, 0.2) is 42.5 Å². The molecule has 2 aromatic carbocycles. The molecule has 0 aliphatic rings. The minimum absolute atomic E-state index is 0.0367. The molecule has 0 aliphatic carbocycles. The molecular formula is C15H15N. The molecule has 0 amide bonds. The third kappa shape index (κ3) is 2.06. The molecule has 0 aromatic heterocycles. The zero-order chi connectivity index (χ0) is 11.4. The zero-order valence-corrected chi connectivity index (χ0v) is 9.48. The van der Waals surface area contributed by atoms with E-state index in [1.807, 2.05) is 12.1 Å². The highest BCUT2D eigenvalue weighted by Crippen LogP contribution is 2.24. The number of nitrogens with zero attached hydrogens (tertiary/aromatic N) is 1. The average Bonchev–Trinajstić information content (AvgIpc) is 2.35. The first-order valence-electron chi connectivity index (χ1n) is 5.73. The summed E-state index contributed by atoms with van der Waals surface area (Å²) in [6.45, 7) is 2.12. The van der Waals surface area contributed by atoms with Gasteiger partial charge in [-0.3, -0.25) is 0 Å². The molecule has 1 nitrogen and oxygen atoms in total. The van der Waals surface area contributed by atoms with E-state index in [2.05, 4.69) is 43.3 Å². The Morgan fingerprint density at radius 1 is 1.12 bits per heavy atom. The van der Waals surface area contributed by atoms with Crippen LogP contribution in [0.1, 0.15) is 31.2 Å². The lowest BCUT2D eigenvalue weighted by Gasteiger charge is -2.08. The molecule has 16 heavy (non-hydrogen) atoms. The highest BCUT2D eigenvalue weighted by molar-refractivity contribution is 5.83. The molecule has 0 aliphatic heterocycles. The summed E-state index contributed by atoms with van der Waals surface area (Å²) in [5, 5.41) is 11.6. The van der Waals surface area contributed by atoms with Crippen LogP contribution in [0.5, 0.6) is 0 Å². The normalized spacial score (nSPS) is 12.2. The lowest BCUT2D eigenvalue weighted by molar-refractivity contribution is 0.728. The Bertz CT molecular complexity index is 522. The van der Waals surface area contributed by atoms with Gasteiger partial charge in [0.1, 0.15) is 0 Å². The van der Waals surface area contributed by atoms with Crippen molar-refractivity contribution in [3.05, 3.63) is 48.0 Å². The fraction of sp³-hybridized carbons (Fsp3) is 0.267. The minimum Gasteiger partial charge on any atom is -0.198 e. The number of hydrogen-bond acceptors (Lipinski definition) is 1. The summed E-state index contributed by atoms with van der Waals surface area (Å²) in [6, 6.07) is 17.0. The molecule has 0 fully saturated rings. The van der Waals surface area contributed by atoms with Crippen molar-refractivity contribution in [1.29, 1.82) is 5.26 Å². The fourth-order valence-corrected chi connectivity index (χ4v) is 2.02. The molecule has 0 radical (unpaired) electrons. The van der Waals surface area contributed by atoms with E-state index in [1.165, 1.54) is 10.8 Å². The Morgan fingerprint density at radius 2 is 1.88 bits per heavy atom. The molecule has 0 N–H and O–H groups in total. The first kappa shape index (κ1) is 10.7. The first-order chi connectivity index (χ1) is 7.85. The van der Waals surface area contributed by atoms with Gasteiger partial charge in [-0.15, -0.1) is 0 Å². The lowest BCUT2D eigenvalue weighted by atomic mass is 9.94. The van der Waals surface area contributed by atoms with Crippen molar-refractivity contribution >= 4 is 10.8 Å². The number of benzene rings is 2. The van der Waals surface area contributed by atoms with E-state index in [-0.39, 0.29) is 5.92 Å². The quantitative estimate of drug-likeness (QED) is 0.741. The summed E-state index contributed by atoms with van der Waals surface area (Å²) in [6.07, 6.45) is 1.99. The largest absolute Gasteiger partial charge is 0.198 e. The molecule has 80 valence electrons. The monoisotopic (exact) mass is 209 g/mol. The fourth-order valence-electron chi connectivity index (χ4n) is 2.02. The average molecular weight is 209 g/mol. The molecule has 2 aromatic rings. The van der Waals surface area contributed by atoms with E-state index in [0.29, 0.717) is 0 Å². The molecular weight excluding hydrogens is 194 g/mol. The van der Waals surface area contributed by atoms with E-state index >= 15 is 0 Å². The predicted molar refractivity (Wildman–Crippen MR) is 67.2 cm³/mol. The Kier molecular flexibility index (Phi) is 3.22. The molecule has 2 rings (SSSR count). The summed E-state index contributed by atoms with van der Waals surface area (Å²) in [4.78, 5) is 0. The van der Waals surface area contributed by atoms with Crippen LogP contribution in [-0.2, 0) is 0 Å². The van der Waals surface area contributed by atoms with Gasteiger partial charge in [0.15, 0.2) is 0 Å². The summed E-state index contributed by atoms with van der Waals surface area (Å²) >= 11 is 0. The molecule has 0 spiro atoms. The topological polar surface area (TPSA) is 23.8 Å². The van der Waals surface area contributed by atoms with E-state index in [1.54, 1.807) is 0 Å². The van der Waals surface area contributed by atoms with E-state index in [4.69, 9.17) is 5.26 Å². The Labute approximate surface area is 96.3 Å². The second kappa shape index (κ2) is 4.81. The van der Waals surface area contributed by atoms with Gasteiger partial charge in [-0.1, -0.05) is 49.7 Å². The van der Waals surface area contributed by atoms with Crippen molar-refractivity contribution in [1.82, 2.24) is 0 Å². The SMILES string of the molecule is CCCC(C#N)c1ccc2ccccc2c1. The van der Waals surface area contributed by atoms with Gasteiger partial charge in [-0.25, -0.2) is 0 Å². The predicted octanol–water partition coefficient (Wildman–Crippen LogP) is 4.25. The van der Waals surface area contributed by atoms with Crippen molar-refractivity contribution in [2.45, 2.75) is 25.7 Å². The second-order valence-electron chi connectivity index (χ2n) is 4.08. The molecule has 1 unspecified atom stereocenters. The zero-order valence-electron chi connectivity index (χ0n) is 9.48. The van der Waals surface area contributed by atoms with E-state index in [0.717, 1.165) is 18.4 Å². The third-order valence-electron chi connectivity index (χ3n) is 2.91. The summed E-state index contributed by atoms with van der Waals surface area (Å²) in [5.41, 5.74) is 1.14. The lowest BCUT2D eigenvalue weighted by Crippen LogP contribution is -1.94. The Balaban J connectivity index is 2.42. The molecule has 0 saturated heterocycles. The highest BCUT2D eigenvalue weighted by Gasteiger charge is 2.09. The Morgan fingerprint density at radius 3 is 2.56 bits per heavy atom. The van der Waals surface area contributed by atoms with Crippen LogP contribution in [0.2, 0.25) is 0 Å². The molecule has 0 heterocycles. The van der Waals surface area contributed by atoms with Crippen LogP contribution < -0.4 is 0 Å². The van der Waals surface area contributed by atoms with Gasteiger partial charge in [0.05, 0.1) is 12.0 Å². The number of fused-ring (bicyclic) bond motifs is 1. The molecule has 0 bridgehead atoms. The van der Waals surface area contributed by atoms with Gasteiger partial charge in [0.25, 0.3) is 0 Å². The summed E-state index contributed by atoms with van der Waals surface area (Å²) < 4.78 is 0. The van der Waals surface area contributed by atoms with Crippen LogP contribution in [0.25, 0.3) is 10.8 Å². The van der Waals surface area contributed by atoms with E-state index < -0.39 is 0 Å². The smallest absolute Gasteiger partial charge is 0.0712 e. The van der Waals surface area contributed by atoms with Gasteiger partial charge in [0, 0.05) is 0 Å². The second-order valence-corrected chi connectivity index (χ2v) is 4.08. The van der Waals surface area contributed by atoms with Gasteiger partial charge >= 0.3 is 0 Å². The first-order valence-corrected chi connectivity index (χ1v) is 5.73. The minimum atomic E-state index is 0.0367. The standard InChI is InChI=1S/C15H15N/c1-2-5-15(11-16)14-9-8-12-6-3-4-7-13(12)10-14/h3-4,6-10,15H,2,5H2,1H3.